The van der Waals surface area contributed by atoms with E-state index in [4.69, 9.17) is 11.5 Å². The van der Waals surface area contributed by atoms with Gasteiger partial charge in [0.2, 0.25) is 0 Å². The van der Waals surface area contributed by atoms with Gasteiger partial charge < -0.3 is 20.9 Å². The monoisotopic (exact) mass is 244 g/mol. The highest BCUT2D eigenvalue weighted by atomic mass is 16.6. The first-order chi connectivity index (χ1) is 7.90. The third-order valence-corrected chi connectivity index (χ3v) is 2.08. The van der Waals surface area contributed by atoms with Crippen LogP contribution >= 0.6 is 0 Å². The van der Waals surface area contributed by atoms with E-state index >= 15 is 0 Å². The van der Waals surface area contributed by atoms with E-state index in [1.165, 1.54) is 0 Å². The SMILES string of the molecule is N[C@H]1CCC(=O)OC(=O)C[C@H](N)C(=O)OC1=O. The molecular formula is C9H12N2O6. The Labute approximate surface area is 96.2 Å². The van der Waals surface area contributed by atoms with Crippen LogP contribution in [0.4, 0.5) is 0 Å². The maximum atomic E-state index is 11.2. The van der Waals surface area contributed by atoms with E-state index in [2.05, 4.69) is 9.47 Å². The van der Waals surface area contributed by atoms with Crippen molar-refractivity contribution in [2.75, 3.05) is 0 Å². The van der Waals surface area contributed by atoms with Crippen LogP contribution in [-0.2, 0) is 28.7 Å². The summed E-state index contributed by atoms with van der Waals surface area (Å²) in [5.74, 6) is -3.81. The second kappa shape index (κ2) is 5.51. The highest BCUT2D eigenvalue weighted by Gasteiger charge is 2.28. The van der Waals surface area contributed by atoms with Gasteiger partial charge in [0.15, 0.2) is 0 Å². The third-order valence-electron chi connectivity index (χ3n) is 2.08. The number of hydrogen-bond donors (Lipinski definition) is 2. The van der Waals surface area contributed by atoms with E-state index in [1.54, 1.807) is 0 Å². The fourth-order valence-corrected chi connectivity index (χ4v) is 1.12. The quantitative estimate of drug-likeness (QED) is 0.367. The normalized spacial score (nSPS) is 28.1. The van der Waals surface area contributed by atoms with Crippen molar-refractivity contribution in [2.45, 2.75) is 31.3 Å². The lowest BCUT2D eigenvalue weighted by molar-refractivity contribution is -0.165. The molecule has 0 saturated carbocycles. The van der Waals surface area contributed by atoms with Crippen molar-refractivity contribution in [1.29, 1.82) is 0 Å². The zero-order chi connectivity index (χ0) is 13.0. The van der Waals surface area contributed by atoms with Gasteiger partial charge in [-0.15, -0.1) is 0 Å². The lowest BCUT2D eigenvalue weighted by atomic mass is 10.2. The number of nitrogens with two attached hydrogens (primary N) is 2. The molecule has 17 heavy (non-hydrogen) atoms. The van der Waals surface area contributed by atoms with Gasteiger partial charge in [-0.05, 0) is 6.42 Å². The van der Waals surface area contributed by atoms with Crippen molar-refractivity contribution in [2.24, 2.45) is 11.5 Å². The number of hydrogen-bond acceptors (Lipinski definition) is 8. The molecule has 1 fully saturated rings. The minimum Gasteiger partial charge on any atom is -0.393 e. The van der Waals surface area contributed by atoms with Crippen LogP contribution < -0.4 is 11.5 Å². The van der Waals surface area contributed by atoms with Gasteiger partial charge in [0.1, 0.15) is 12.1 Å². The summed E-state index contributed by atoms with van der Waals surface area (Å²) in [6.45, 7) is 0. The Morgan fingerprint density at radius 2 is 1.47 bits per heavy atom. The maximum absolute atomic E-state index is 11.2. The molecule has 8 heteroatoms. The lowest BCUT2D eigenvalue weighted by Crippen LogP contribution is -2.40. The Morgan fingerprint density at radius 3 is 2.12 bits per heavy atom. The molecule has 1 aliphatic heterocycles. The highest BCUT2D eigenvalue weighted by Crippen LogP contribution is 2.05. The van der Waals surface area contributed by atoms with E-state index in [1.807, 2.05) is 0 Å². The average molecular weight is 244 g/mol. The van der Waals surface area contributed by atoms with Crippen LogP contribution in [0, 0.1) is 0 Å². The van der Waals surface area contributed by atoms with Crippen molar-refractivity contribution < 1.29 is 28.7 Å². The van der Waals surface area contributed by atoms with Crippen LogP contribution in [0.15, 0.2) is 0 Å². The molecule has 0 aliphatic carbocycles. The number of esters is 4. The molecule has 1 saturated heterocycles. The molecule has 1 rings (SSSR count). The maximum Gasteiger partial charge on any atom is 0.331 e. The molecule has 0 spiro atoms. The minimum atomic E-state index is -1.36. The van der Waals surface area contributed by atoms with E-state index in [0.717, 1.165) is 0 Å². The summed E-state index contributed by atoms with van der Waals surface area (Å²) < 4.78 is 8.70. The van der Waals surface area contributed by atoms with E-state index < -0.39 is 42.4 Å². The van der Waals surface area contributed by atoms with E-state index in [-0.39, 0.29) is 12.8 Å². The summed E-state index contributed by atoms with van der Waals surface area (Å²) >= 11 is 0. The Bertz CT molecular complexity index is 366. The molecule has 0 radical (unpaired) electrons. The summed E-state index contributed by atoms with van der Waals surface area (Å²) in [6.07, 6.45) is -0.827. The van der Waals surface area contributed by atoms with Crippen LogP contribution in [0.2, 0.25) is 0 Å². The van der Waals surface area contributed by atoms with Gasteiger partial charge >= 0.3 is 23.9 Å². The van der Waals surface area contributed by atoms with E-state index in [9.17, 15) is 19.2 Å². The summed E-state index contributed by atoms with van der Waals surface area (Å²) in [7, 11) is 0. The molecule has 0 aromatic carbocycles. The standard InChI is InChI=1S/C9H12N2O6/c10-4-1-2-6(12)16-7(13)3-5(11)9(15)17-8(4)14/h4-5H,1-3,10-11H2/t4-,5-/m0/s1. The third kappa shape index (κ3) is 3.93. The molecule has 0 amide bonds. The van der Waals surface area contributed by atoms with Crippen LogP contribution in [0.5, 0.6) is 0 Å². The summed E-state index contributed by atoms with van der Waals surface area (Å²) in [5.41, 5.74) is 10.6. The first-order valence-corrected chi connectivity index (χ1v) is 4.90. The smallest absolute Gasteiger partial charge is 0.331 e. The van der Waals surface area contributed by atoms with Gasteiger partial charge in [-0.2, -0.15) is 0 Å². The molecule has 0 aromatic rings. The molecule has 4 N–H and O–H groups in total. The van der Waals surface area contributed by atoms with Gasteiger partial charge in [0, 0.05) is 6.42 Å². The van der Waals surface area contributed by atoms with Gasteiger partial charge in [-0.25, -0.2) is 9.59 Å². The Hall–Kier alpha value is -1.80. The topological polar surface area (TPSA) is 139 Å². The number of cyclic esters (lactones) is 4. The molecule has 94 valence electrons. The fourth-order valence-electron chi connectivity index (χ4n) is 1.12. The van der Waals surface area contributed by atoms with Gasteiger partial charge in [-0.3, -0.25) is 9.59 Å². The molecule has 0 unspecified atom stereocenters. The fraction of sp³-hybridized carbons (Fsp3) is 0.556. The first-order valence-electron chi connectivity index (χ1n) is 4.90. The Balaban J connectivity index is 2.80. The van der Waals surface area contributed by atoms with Crippen molar-refractivity contribution in [3.63, 3.8) is 0 Å². The van der Waals surface area contributed by atoms with Crippen LogP contribution in [0.1, 0.15) is 19.3 Å². The zero-order valence-electron chi connectivity index (χ0n) is 8.88. The highest BCUT2D eigenvalue weighted by molar-refractivity contribution is 5.94. The zero-order valence-corrected chi connectivity index (χ0v) is 8.88. The van der Waals surface area contributed by atoms with Gasteiger partial charge in [-0.1, -0.05) is 0 Å². The molecule has 0 aromatic heterocycles. The summed E-state index contributed by atoms with van der Waals surface area (Å²) in [6, 6.07) is -2.49. The number of carbonyl (C=O) groups is 4. The number of rotatable bonds is 0. The Kier molecular flexibility index (Phi) is 4.30. The van der Waals surface area contributed by atoms with Gasteiger partial charge in [0.25, 0.3) is 0 Å². The minimum absolute atomic E-state index is 0.0759. The summed E-state index contributed by atoms with van der Waals surface area (Å²) in [4.78, 5) is 44.6. The van der Waals surface area contributed by atoms with Crippen molar-refractivity contribution in [1.82, 2.24) is 0 Å². The molecule has 0 bridgehead atoms. The predicted molar refractivity (Wildman–Crippen MR) is 52.0 cm³/mol. The van der Waals surface area contributed by atoms with Crippen molar-refractivity contribution in [3.05, 3.63) is 0 Å². The van der Waals surface area contributed by atoms with E-state index in [0.29, 0.717) is 0 Å². The Morgan fingerprint density at radius 1 is 0.882 bits per heavy atom. The average Bonchev–Trinajstić information content (AvgIpc) is 2.24. The van der Waals surface area contributed by atoms with Crippen molar-refractivity contribution in [3.8, 4) is 0 Å². The molecular weight excluding hydrogens is 232 g/mol. The number of carbonyl (C=O) groups excluding carboxylic acids is 4. The largest absolute Gasteiger partial charge is 0.393 e. The van der Waals surface area contributed by atoms with Crippen LogP contribution in [0.25, 0.3) is 0 Å². The number of ether oxygens (including phenoxy) is 2. The molecule has 8 nitrogen and oxygen atoms in total. The predicted octanol–water partition coefficient (Wildman–Crippen LogP) is -2.04. The molecule has 1 aliphatic rings. The second-order valence-corrected chi connectivity index (χ2v) is 3.54. The second-order valence-electron chi connectivity index (χ2n) is 3.54. The van der Waals surface area contributed by atoms with Gasteiger partial charge in [0.05, 0.1) is 6.42 Å². The molecule has 2 atom stereocenters. The van der Waals surface area contributed by atoms with Crippen LogP contribution in [0.3, 0.4) is 0 Å². The molecule has 1 heterocycles. The van der Waals surface area contributed by atoms with Crippen LogP contribution in [-0.4, -0.2) is 36.0 Å². The first kappa shape index (κ1) is 13.3. The van der Waals surface area contributed by atoms with Crippen molar-refractivity contribution >= 4 is 23.9 Å². The summed E-state index contributed by atoms with van der Waals surface area (Å²) in [5, 5.41) is 0. The lowest BCUT2D eigenvalue weighted by Gasteiger charge is -2.10.